The molecule has 4 N–H and O–H groups in total. The summed E-state index contributed by atoms with van der Waals surface area (Å²) in [6.45, 7) is 0. The largest absolute Gasteiger partial charge is 0.465 e. The molecule has 2 atom stereocenters. The lowest BCUT2D eigenvalue weighted by atomic mass is 9.85. The summed E-state index contributed by atoms with van der Waals surface area (Å²) in [6, 6.07) is 5.48. The minimum absolute atomic E-state index is 0.0634. The highest BCUT2D eigenvalue weighted by atomic mass is 79.9. The monoisotopic (exact) mass is 369 g/mol. The van der Waals surface area contributed by atoms with E-state index in [9.17, 15) is 9.59 Å². The SMILES string of the molecule is CNc1ccc(Br)cc1NC(=O)[C@@H]1CCC[C@H](NC(=O)O)C1. The highest BCUT2D eigenvalue weighted by Gasteiger charge is 2.28. The summed E-state index contributed by atoms with van der Waals surface area (Å²) in [5.41, 5.74) is 1.56. The Bertz CT molecular complexity index is 565. The lowest BCUT2D eigenvalue weighted by Crippen LogP contribution is -2.40. The molecule has 0 bridgehead atoms. The summed E-state index contributed by atoms with van der Waals surface area (Å²) >= 11 is 3.39. The van der Waals surface area contributed by atoms with E-state index in [1.54, 1.807) is 7.05 Å². The first kappa shape index (κ1) is 16.6. The summed E-state index contributed by atoms with van der Waals surface area (Å²) in [4.78, 5) is 23.2. The number of halogens is 1. The van der Waals surface area contributed by atoms with Crippen LogP contribution in [0.5, 0.6) is 0 Å². The summed E-state index contributed by atoms with van der Waals surface area (Å²) in [7, 11) is 1.80. The van der Waals surface area contributed by atoms with Crippen molar-refractivity contribution < 1.29 is 14.7 Å². The van der Waals surface area contributed by atoms with Gasteiger partial charge >= 0.3 is 6.09 Å². The summed E-state index contributed by atoms with van der Waals surface area (Å²) in [5, 5.41) is 17.3. The summed E-state index contributed by atoms with van der Waals surface area (Å²) in [6.07, 6.45) is 1.93. The maximum absolute atomic E-state index is 12.4. The Labute approximate surface area is 137 Å². The van der Waals surface area contributed by atoms with Crippen LogP contribution in [-0.2, 0) is 4.79 Å². The molecule has 0 radical (unpaired) electrons. The van der Waals surface area contributed by atoms with Gasteiger partial charge in [-0.05, 0) is 37.5 Å². The molecule has 2 amide bonds. The molecule has 0 heterocycles. The molecule has 1 aliphatic rings. The third-order valence-corrected chi connectivity index (χ3v) is 4.37. The summed E-state index contributed by atoms with van der Waals surface area (Å²) < 4.78 is 0.885. The van der Waals surface area contributed by atoms with Crippen LogP contribution < -0.4 is 16.0 Å². The Balaban J connectivity index is 2.02. The molecule has 0 unspecified atom stereocenters. The normalized spacial score (nSPS) is 21.0. The van der Waals surface area contributed by atoms with E-state index in [2.05, 4.69) is 31.9 Å². The van der Waals surface area contributed by atoms with E-state index in [1.807, 2.05) is 18.2 Å². The zero-order valence-electron chi connectivity index (χ0n) is 12.4. The van der Waals surface area contributed by atoms with Crippen LogP contribution >= 0.6 is 15.9 Å². The maximum atomic E-state index is 12.4. The summed E-state index contributed by atoms with van der Waals surface area (Å²) in [5.74, 6) is -0.235. The molecule has 0 aromatic heterocycles. The average Bonchev–Trinajstić information content (AvgIpc) is 2.47. The van der Waals surface area contributed by atoms with Crippen LogP contribution in [0.25, 0.3) is 0 Å². The van der Waals surface area contributed by atoms with Gasteiger partial charge in [-0.2, -0.15) is 0 Å². The van der Waals surface area contributed by atoms with Gasteiger partial charge in [-0.25, -0.2) is 4.79 Å². The Morgan fingerprint density at radius 2 is 2.05 bits per heavy atom. The molecule has 0 saturated heterocycles. The van der Waals surface area contributed by atoms with Gasteiger partial charge < -0.3 is 21.1 Å². The number of hydrogen-bond acceptors (Lipinski definition) is 3. The van der Waals surface area contributed by atoms with Crippen molar-refractivity contribution in [2.45, 2.75) is 31.7 Å². The quantitative estimate of drug-likeness (QED) is 0.655. The fourth-order valence-corrected chi connectivity index (χ4v) is 3.17. The molecule has 0 aliphatic heterocycles. The Morgan fingerprint density at radius 1 is 1.27 bits per heavy atom. The number of rotatable bonds is 4. The fraction of sp³-hybridized carbons (Fsp3) is 0.467. The van der Waals surface area contributed by atoms with Crippen molar-refractivity contribution in [1.29, 1.82) is 0 Å². The minimum atomic E-state index is -1.03. The van der Waals surface area contributed by atoms with Crippen LogP contribution in [0.2, 0.25) is 0 Å². The third-order valence-electron chi connectivity index (χ3n) is 3.88. The number of carbonyl (C=O) groups excluding carboxylic acids is 1. The van der Waals surface area contributed by atoms with E-state index in [1.165, 1.54) is 0 Å². The molecule has 2 rings (SSSR count). The van der Waals surface area contributed by atoms with Gasteiger partial charge in [0.05, 0.1) is 11.4 Å². The van der Waals surface area contributed by atoms with Crippen LogP contribution in [0.3, 0.4) is 0 Å². The number of benzene rings is 1. The molecule has 6 nitrogen and oxygen atoms in total. The second-order valence-corrected chi connectivity index (χ2v) is 6.35. The van der Waals surface area contributed by atoms with Gasteiger partial charge in [0.1, 0.15) is 0 Å². The predicted octanol–water partition coefficient (Wildman–Crippen LogP) is 3.26. The van der Waals surface area contributed by atoms with Crippen molar-refractivity contribution in [3.8, 4) is 0 Å². The minimum Gasteiger partial charge on any atom is -0.465 e. The van der Waals surface area contributed by atoms with E-state index >= 15 is 0 Å². The van der Waals surface area contributed by atoms with Crippen LogP contribution in [0.4, 0.5) is 16.2 Å². The van der Waals surface area contributed by atoms with Gasteiger partial charge in [0, 0.05) is 23.5 Å². The van der Waals surface area contributed by atoms with E-state index in [0.717, 1.165) is 35.1 Å². The maximum Gasteiger partial charge on any atom is 0.404 e. The molecule has 1 aromatic carbocycles. The number of hydrogen-bond donors (Lipinski definition) is 4. The molecular weight excluding hydrogens is 350 g/mol. The standard InChI is InChI=1S/C15H20BrN3O3/c1-17-12-6-5-10(16)8-13(12)19-14(20)9-3-2-4-11(7-9)18-15(21)22/h5-6,8-9,11,17-18H,2-4,7H2,1H3,(H,19,20)(H,21,22)/t9-,11+/m1/s1. The Hall–Kier alpha value is -1.76. The number of nitrogens with one attached hydrogen (secondary N) is 3. The number of carboxylic acid groups (broad SMARTS) is 1. The first-order chi connectivity index (χ1) is 10.5. The lowest BCUT2D eigenvalue weighted by molar-refractivity contribution is -0.121. The second kappa shape index (κ2) is 7.49. The molecule has 0 spiro atoms. The van der Waals surface area contributed by atoms with Gasteiger partial charge in [-0.1, -0.05) is 22.4 Å². The molecule has 1 fully saturated rings. The average molecular weight is 370 g/mol. The molecule has 1 aromatic rings. The van der Waals surface area contributed by atoms with Crippen molar-refractivity contribution in [2.24, 2.45) is 5.92 Å². The van der Waals surface area contributed by atoms with Crippen molar-refractivity contribution in [2.75, 3.05) is 17.7 Å². The highest BCUT2D eigenvalue weighted by Crippen LogP contribution is 2.29. The molecular formula is C15H20BrN3O3. The van der Waals surface area contributed by atoms with E-state index < -0.39 is 6.09 Å². The van der Waals surface area contributed by atoms with Crippen molar-refractivity contribution in [1.82, 2.24) is 5.32 Å². The van der Waals surface area contributed by atoms with Crippen molar-refractivity contribution in [3.63, 3.8) is 0 Å². The van der Waals surface area contributed by atoms with Crippen LogP contribution in [0.1, 0.15) is 25.7 Å². The Kier molecular flexibility index (Phi) is 5.65. The number of anilines is 2. The van der Waals surface area contributed by atoms with Gasteiger partial charge in [-0.3, -0.25) is 4.79 Å². The topological polar surface area (TPSA) is 90.5 Å². The van der Waals surface area contributed by atoms with Gasteiger partial charge in [0.25, 0.3) is 0 Å². The molecule has 22 heavy (non-hydrogen) atoms. The molecule has 120 valence electrons. The van der Waals surface area contributed by atoms with E-state index in [-0.39, 0.29) is 17.9 Å². The van der Waals surface area contributed by atoms with E-state index in [0.29, 0.717) is 6.42 Å². The van der Waals surface area contributed by atoms with Crippen LogP contribution in [-0.4, -0.2) is 30.2 Å². The molecule has 1 aliphatic carbocycles. The second-order valence-electron chi connectivity index (χ2n) is 5.44. The van der Waals surface area contributed by atoms with Crippen molar-refractivity contribution in [3.05, 3.63) is 22.7 Å². The molecule has 1 saturated carbocycles. The molecule has 7 heteroatoms. The number of carbonyl (C=O) groups is 2. The predicted molar refractivity (Wildman–Crippen MR) is 89.2 cm³/mol. The Morgan fingerprint density at radius 3 is 2.73 bits per heavy atom. The third kappa shape index (κ3) is 4.37. The highest BCUT2D eigenvalue weighted by molar-refractivity contribution is 9.10. The van der Waals surface area contributed by atoms with E-state index in [4.69, 9.17) is 5.11 Å². The van der Waals surface area contributed by atoms with Crippen molar-refractivity contribution >= 4 is 39.3 Å². The van der Waals surface area contributed by atoms with Gasteiger partial charge in [0.2, 0.25) is 5.91 Å². The zero-order chi connectivity index (χ0) is 16.1. The van der Waals surface area contributed by atoms with Crippen LogP contribution in [0, 0.1) is 5.92 Å². The zero-order valence-corrected chi connectivity index (χ0v) is 13.9. The number of amides is 2. The first-order valence-electron chi connectivity index (χ1n) is 7.27. The lowest BCUT2D eigenvalue weighted by Gasteiger charge is -2.28. The van der Waals surface area contributed by atoms with Crippen LogP contribution in [0.15, 0.2) is 22.7 Å². The van der Waals surface area contributed by atoms with Gasteiger partial charge in [-0.15, -0.1) is 0 Å². The van der Waals surface area contributed by atoms with Gasteiger partial charge in [0.15, 0.2) is 0 Å². The fourth-order valence-electron chi connectivity index (χ4n) is 2.81. The smallest absolute Gasteiger partial charge is 0.404 e. The first-order valence-corrected chi connectivity index (χ1v) is 8.06.